The molecule has 2 rings (SSSR count). The molecule has 0 bridgehead atoms. The molecule has 98 valence electrons. The molecular formula is C14H13NO3S. The molecule has 0 saturated carbocycles. The van der Waals surface area contributed by atoms with Gasteiger partial charge < -0.3 is 5.11 Å². The molecule has 0 spiro atoms. The minimum absolute atomic E-state index is 0.0664. The lowest BCUT2D eigenvalue weighted by Gasteiger charge is -1.99. The predicted molar refractivity (Wildman–Crippen MR) is 74.1 cm³/mol. The van der Waals surface area contributed by atoms with Crippen molar-refractivity contribution < 1.29 is 13.5 Å². The Labute approximate surface area is 112 Å². The molecule has 0 heterocycles. The molecule has 0 atom stereocenters. The lowest BCUT2D eigenvalue weighted by atomic mass is 10.2. The molecule has 0 radical (unpaired) electrons. The Bertz CT molecular complexity index is 704. The van der Waals surface area contributed by atoms with E-state index in [-0.39, 0.29) is 10.6 Å². The first-order valence-corrected chi connectivity index (χ1v) is 7.07. The van der Waals surface area contributed by atoms with Gasteiger partial charge in [0, 0.05) is 6.21 Å². The van der Waals surface area contributed by atoms with Crippen LogP contribution in [-0.2, 0) is 10.0 Å². The van der Waals surface area contributed by atoms with Crippen molar-refractivity contribution in [2.24, 2.45) is 4.40 Å². The van der Waals surface area contributed by atoms with Crippen LogP contribution in [-0.4, -0.2) is 19.7 Å². The van der Waals surface area contributed by atoms with Crippen LogP contribution in [0, 0.1) is 6.92 Å². The summed E-state index contributed by atoms with van der Waals surface area (Å²) in [5, 5.41) is 9.28. The second-order valence-electron chi connectivity index (χ2n) is 4.12. The third-order valence-electron chi connectivity index (χ3n) is 2.53. The SMILES string of the molecule is Cc1ccc(S(=O)(=O)/N=C\c2cccc(O)c2)cc1. The van der Waals surface area contributed by atoms with Crippen molar-refractivity contribution in [2.75, 3.05) is 0 Å². The van der Waals surface area contributed by atoms with E-state index in [4.69, 9.17) is 0 Å². The Kier molecular flexibility index (Phi) is 3.66. The Morgan fingerprint density at radius 1 is 1.11 bits per heavy atom. The summed E-state index contributed by atoms with van der Waals surface area (Å²) in [7, 11) is -3.70. The van der Waals surface area contributed by atoms with Gasteiger partial charge in [-0.05, 0) is 36.8 Å². The molecule has 4 nitrogen and oxygen atoms in total. The molecule has 2 aromatic carbocycles. The van der Waals surface area contributed by atoms with E-state index in [1.165, 1.54) is 30.5 Å². The number of phenolic OH excluding ortho intramolecular Hbond substituents is 1. The van der Waals surface area contributed by atoms with Gasteiger partial charge in [0.1, 0.15) is 5.75 Å². The van der Waals surface area contributed by atoms with E-state index >= 15 is 0 Å². The molecule has 0 aliphatic rings. The van der Waals surface area contributed by atoms with Crippen LogP contribution in [0.2, 0.25) is 0 Å². The zero-order valence-corrected chi connectivity index (χ0v) is 11.1. The monoisotopic (exact) mass is 275 g/mol. The summed E-state index contributed by atoms with van der Waals surface area (Å²) in [6.07, 6.45) is 1.22. The van der Waals surface area contributed by atoms with Crippen molar-refractivity contribution in [3.05, 3.63) is 59.7 Å². The average molecular weight is 275 g/mol. The standard InChI is InChI=1S/C14H13NO3S/c1-11-5-7-14(8-6-11)19(17,18)15-10-12-3-2-4-13(16)9-12/h2-10,16H,1H3/b15-10-. The number of nitrogens with zero attached hydrogens (tertiary/aromatic N) is 1. The fraction of sp³-hybridized carbons (Fsp3) is 0.0714. The number of benzene rings is 2. The summed E-state index contributed by atoms with van der Waals surface area (Å²) in [4.78, 5) is 0.148. The van der Waals surface area contributed by atoms with Gasteiger partial charge >= 0.3 is 0 Å². The third kappa shape index (κ3) is 3.42. The predicted octanol–water partition coefficient (Wildman–Crippen LogP) is 2.51. The molecule has 2 aromatic rings. The molecule has 5 heteroatoms. The normalized spacial score (nSPS) is 11.8. The van der Waals surface area contributed by atoms with Crippen molar-refractivity contribution in [1.29, 1.82) is 0 Å². The van der Waals surface area contributed by atoms with Crippen molar-refractivity contribution >= 4 is 16.2 Å². The largest absolute Gasteiger partial charge is 0.508 e. The summed E-state index contributed by atoms with van der Waals surface area (Å²) >= 11 is 0. The fourth-order valence-electron chi connectivity index (χ4n) is 1.51. The highest BCUT2D eigenvalue weighted by molar-refractivity contribution is 7.90. The highest BCUT2D eigenvalue weighted by atomic mass is 32.2. The van der Waals surface area contributed by atoms with E-state index in [0.29, 0.717) is 5.56 Å². The van der Waals surface area contributed by atoms with Crippen LogP contribution >= 0.6 is 0 Å². The van der Waals surface area contributed by atoms with Crippen LogP contribution in [0.1, 0.15) is 11.1 Å². The maximum atomic E-state index is 11.9. The summed E-state index contributed by atoms with van der Waals surface area (Å²) in [6.45, 7) is 1.88. The number of hydrogen-bond donors (Lipinski definition) is 1. The van der Waals surface area contributed by atoms with Crippen molar-refractivity contribution in [3.63, 3.8) is 0 Å². The van der Waals surface area contributed by atoms with Gasteiger partial charge in [0.25, 0.3) is 10.0 Å². The lowest BCUT2D eigenvalue weighted by Crippen LogP contribution is -1.97. The zero-order chi connectivity index (χ0) is 13.9. The zero-order valence-electron chi connectivity index (χ0n) is 10.3. The van der Waals surface area contributed by atoms with Crippen LogP contribution in [0.25, 0.3) is 0 Å². The summed E-state index contributed by atoms with van der Waals surface area (Å²) < 4.78 is 27.5. The van der Waals surface area contributed by atoms with Gasteiger partial charge in [0.05, 0.1) is 4.90 Å². The smallest absolute Gasteiger partial charge is 0.282 e. The maximum absolute atomic E-state index is 11.9. The van der Waals surface area contributed by atoms with Crippen molar-refractivity contribution in [2.45, 2.75) is 11.8 Å². The number of rotatable bonds is 3. The first-order valence-electron chi connectivity index (χ1n) is 5.63. The maximum Gasteiger partial charge on any atom is 0.282 e. The minimum Gasteiger partial charge on any atom is -0.508 e. The number of aryl methyl sites for hydroxylation is 1. The van der Waals surface area contributed by atoms with E-state index in [9.17, 15) is 13.5 Å². The summed E-state index contributed by atoms with van der Waals surface area (Å²) in [5.41, 5.74) is 1.51. The molecule has 19 heavy (non-hydrogen) atoms. The Morgan fingerprint density at radius 3 is 2.42 bits per heavy atom. The molecule has 0 aliphatic carbocycles. The van der Waals surface area contributed by atoms with E-state index in [1.54, 1.807) is 24.3 Å². The molecule has 0 unspecified atom stereocenters. The van der Waals surface area contributed by atoms with Crippen LogP contribution in [0.4, 0.5) is 0 Å². The van der Waals surface area contributed by atoms with Crippen LogP contribution < -0.4 is 0 Å². The van der Waals surface area contributed by atoms with Gasteiger partial charge in [0.2, 0.25) is 0 Å². The van der Waals surface area contributed by atoms with E-state index < -0.39 is 10.0 Å². The van der Waals surface area contributed by atoms with Gasteiger partial charge in [-0.3, -0.25) is 0 Å². The van der Waals surface area contributed by atoms with Gasteiger partial charge in [-0.2, -0.15) is 12.8 Å². The number of aromatic hydroxyl groups is 1. The van der Waals surface area contributed by atoms with E-state index in [2.05, 4.69) is 4.40 Å². The van der Waals surface area contributed by atoms with Gasteiger partial charge in [-0.1, -0.05) is 29.8 Å². The molecule has 1 N–H and O–H groups in total. The van der Waals surface area contributed by atoms with E-state index in [0.717, 1.165) is 5.56 Å². The van der Waals surface area contributed by atoms with Crippen molar-refractivity contribution in [1.82, 2.24) is 0 Å². The number of sulfonamides is 1. The second-order valence-corrected chi connectivity index (χ2v) is 5.75. The fourth-order valence-corrected chi connectivity index (χ4v) is 2.37. The lowest BCUT2D eigenvalue weighted by molar-refractivity contribution is 0.475. The summed E-state index contributed by atoms with van der Waals surface area (Å²) in [6, 6.07) is 12.7. The van der Waals surface area contributed by atoms with Crippen LogP contribution in [0.3, 0.4) is 0 Å². The Hall–Kier alpha value is -2.14. The molecule has 0 aromatic heterocycles. The van der Waals surface area contributed by atoms with Crippen LogP contribution in [0.15, 0.2) is 57.8 Å². The van der Waals surface area contributed by atoms with Gasteiger partial charge in [0.15, 0.2) is 0 Å². The Balaban J connectivity index is 2.29. The first kappa shape index (κ1) is 13.3. The van der Waals surface area contributed by atoms with Gasteiger partial charge in [-0.15, -0.1) is 0 Å². The molecule has 0 saturated heterocycles. The quantitative estimate of drug-likeness (QED) is 0.875. The summed E-state index contributed by atoms with van der Waals surface area (Å²) in [5.74, 6) is 0.0664. The average Bonchev–Trinajstić information content (AvgIpc) is 2.37. The highest BCUT2D eigenvalue weighted by Crippen LogP contribution is 2.14. The van der Waals surface area contributed by atoms with Gasteiger partial charge in [-0.25, -0.2) is 0 Å². The topological polar surface area (TPSA) is 66.7 Å². The van der Waals surface area contributed by atoms with Crippen molar-refractivity contribution in [3.8, 4) is 5.75 Å². The second kappa shape index (κ2) is 5.24. The first-order chi connectivity index (χ1) is 8.97. The minimum atomic E-state index is -3.70. The molecular weight excluding hydrogens is 262 g/mol. The number of hydrogen-bond acceptors (Lipinski definition) is 3. The molecule has 0 amide bonds. The number of phenols is 1. The van der Waals surface area contributed by atoms with Crippen LogP contribution in [0.5, 0.6) is 5.75 Å². The van der Waals surface area contributed by atoms with E-state index in [1.807, 2.05) is 6.92 Å². The highest BCUT2D eigenvalue weighted by Gasteiger charge is 2.10. The molecule has 0 fully saturated rings. The molecule has 0 aliphatic heterocycles. The Morgan fingerprint density at radius 2 is 1.79 bits per heavy atom. The third-order valence-corrected chi connectivity index (χ3v) is 3.78.